The van der Waals surface area contributed by atoms with Crippen LogP contribution in [-0.4, -0.2) is 68.1 Å². The number of urea groups is 1. The maximum Gasteiger partial charge on any atom is 0.317 e. The van der Waals surface area contributed by atoms with Crippen LogP contribution in [0.2, 0.25) is 0 Å². The van der Waals surface area contributed by atoms with E-state index in [9.17, 15) is 9.59 Å². The van der Waals surface area contributed by atoms with Crippen LogP contribution in [0.25, 0.3) is 0 Å². The molecule has 1 rings (SSSR count). The van der Waals surface area contributed by atoms with Gasteiger partial charge in [0.25, 0.3) is 0 Å². The van der Waals surface area contributed by atoms with E-state index in [4.69, 9.17) is 0 Å². The van der Waals surface area contributed by atoms with Crippen LogP contribution in [0, 0.1) is 0 Å². The molecule has 0 aliphatic carbocycles. The quantitative estimate of drug-likeness (QED) is 0.696. The summed E-state index contributed by atoms with van der Waals surface area (Å²) in [5, 5.41) is 5.46. The third kappa shape index (κ3) is 5.04. The molecule has 17 heavy (non-hydrogen) atoms. The molecule has 0 aromatic rings. The third-order valence-corrected chi connectivity index (χ3v) is 2.79. The molecule has 1 fully saturated rings. The Balaban J connectivity index is 2.14. The van der Waals surface area contributed by atoms with Crippen LogP contribution in [0.4, 0.5) is 4.79 Å². The molecule has 0 atom stereocenters. The summed E-state index contributed by atoms with van der Waals surface area (Å²) in [5.74, 6) is -0.0221. The molecule has 1 aliphatic rings. The fourth-order valence-electron chi connectivity index (χ4n) is 1.69. The zero-order valence-corrected chi connectivity index (χ0v) is 10.7. The van der Waals surface area contributed by atoms with Crippen molar-refractivity contribution in [1.29, 1.82) is 0 Å². The van der Waals surface area contributed by atoms with E-state index in [-0.39, 0.29) is 11.9 Å². The first-order valence-electron chi connectivity index (χ1n) is 6.11. The number of rotatable bonds is 4. The number of carbonyl (C=O) groups excluding carboxylic acids is 2. The van der Waals surface area contributed by atoms with Gasteiger partial charge in [-0.3, -0.25) is 4.79 Å². The van der Waals surface area contributed by atoms with E-state index < -0.39 is 0 Å². The van der Waals surface area contributed by atoms with Gasteiger partial charge in [-0.1, -0.05) is 0 Å². The van der Waals surface area contributed by atoms with Crippen molar-refractivity contribution in [3.05, 3.63) is 0 Å². The van der Waals surface area contributed by atoms with Gasteiger partial charge in [-0.2, -0.15) is 0 Å². The van der Waals surface area contributed by atoms with Crippen LogP contribution in [-0.2, 0) is 4.79 Å². The van der Waals surface area contributed by atoms with Crippen molar-refractivity contribution < 1.29 is 9.59 Å². The standard InChI is InChI=1S/C11H22N4O2/c1-3-12-10(16)4-5-13-11(17)15-8-6-14(2)7-9-15/h3-9H2,1-2H3,(H,12,16)(H,13,17). The van der Waals surface area contributed by atoms with E-state index in [0.29, 0.717) is 19.5 Å². The van der Waals surface area contributed by atoms with Crippen LogP contribution in [0.1, 0.15) is 13.3 Å². The third-order valence-electron chi connectivity index (χ3n) is 2.79. The van der Waals surface area contributed by atoms with Crippen molar-refractivity contribution in [1.82, 2.24) is 20.4 Å². The maximum atomic E-state index is 11.7. The molecule has 6 nitrogen and oxygen atoms in total. The lowest BCUT2D eigenvalue weighted by Gasteiger charge is -2.32. The minimum absolute atomic E-state index is 0.0221. The molecule has 2 N–H and O–H groups in total. The highest BCUT2D eigenvalue weighted by Crippen LogP contribution is 1.98. The zero-order valence-electron chi connectivity index (χ0n) is 10.7. The second kappa shape index (κ2) is 7.11. The second-order valence-electron chi connectivity index (χ2n) is 4.23. The number of carbonyl (C=O) groups is 2. The molecule has 0 unspecified atom stereocenters. The van der Waals surface area contributed by atoms with Gasteiger partial charge in [-0.25, -0.2) is 4.79 Å². The molecule has 0 spiro atoms. The Hall–Kier alpha value is -1.30. The van der Waals surface area contributed by atoms with Crippen LogP contribution in [0.3, 0.4) is 0 Å². The molecule has 98 valence electrons. The summed E-state index contributed by atoms with van der Waals surface area (Å²) in [6.45, 7) is 6.23. The number of likely N-dealkylation sites (N-methyl/N-ethyl adjacent to an activating group) is 1. The molecule has 0 saturated carbocycles. The number of nitrogens with zero attached hydrogens (tertiary/aromatic N) is 2. The van der Waals surface area contributed by atoms with E-state index >= 15 is 0 Å². The van der Waals surface area contributed by atoms with Gasteiger partial charge >= 0.3 is 6.03 Å². The van der Waals surface area contributed by atoms with E-state index in [1.165, 1.54) is 0 Å². The molecule has 1 heterocycles. The van der Waals surface area contributed by atoms with Crippen molar-refractivity contribution >= 4 is 11.9 Å². The summed E-state index contributed by atoms with van der Waals surface area (Å²) in [6.07, 6.45) is 0.341. The SMILES string of the molecule is CCNC(=O)CCNC(=O)N1CCN(C)CC1. The summed E-state index contributed by atoms with van der Waals surface area (Å²) in [6, 6.07) is -0.0672. The number of hydrogen-bond donors (Lipinski definition) is 2. The Morgan fingerprint density at radius 3 is 2.35 bits per heavy atom. The van der Waals surface area contributed by atoms with Crippen molar-refractivity contribution in [2.45, 2.75) is 13.3 Å². The Bertz CT molecular complexity index is 262. The fourth-order valence-corrected chi connectivity index (χ4v) is 1.69. The van der Waals surface area contributed by atoms with E-state index in [1.807, 2.05) is 14.0 Å². The first kappa shape index (κ1) is 13.8. The summed E-state index contributed by atoms with van der Waals surface area (Å²) < 4.78 is 0. The van der Waals surface area contributed by atoms with Gasteiger partial charge in [0.05, 0.1) is 0 Å². The van der Waals surface area contributed by atoms with Gasteiger partial charge in [0.2, 0.25) is 5.91 Å². The zero-order chi connectivity index (χ0) is 12.7. The number of amides is 3. The fraction of sp³-hybridized carbons (Fsp3) is 0.818. The van der Waals surface area contributed by atoms with Crippen molar-refractivity contribution in [3.8, 4) is 0 Å². The van der Waals surface area contributed by atoms with Crippen molar-refractivity contribution in [2.75, 3.05) is 46.3 Å². The van der Waals surface area contributed by atoms with Gasteiger partial charge in [-0.05, 0) is 14.0 Å². The predicted molar refractivity (Wildman–Crippen MR) is 65.8 cm³/mol. The van der Waals surface area contributed by atoms with E-state index in [2.05, 4.69) is 15.5 Å². The predicted octanol–water partition coefficient (Wildman–Crippen LogP) is -0.530. The molecule has 0 bridgehead atoms. The number of piperazine rings is 1. The molecule has 0 radical (unpaired) electrons. The molecule has 0 aromatic carbocycles. The highest BCUT2D eigenvalue weighted by atomic mass is 16.2. The topological polar surface area (TPSA) is 64.7 Å². The number of nitrogens with one attached hydrogen (secondary N) is 2. The van der Waals surface area contributed by atoms with Gasteiger partial charge in [-0.15, -0.1) is 0 Å². The summed E-state index contributed by atoms with van der Waals surface area (Å²) in [7, 11) is 2.05. The van der Waals surface area contributed by atoms with Crippen molar-refractivity contribution in [3.63, 3.8) is 0 Å². The summed E-state index contributed by atoms with van der Waals surface area (Å²) >= 11 is 0. The van der Waals surface area contributed by atoms with Gasteiger partial charge in [0, 0.05) is 45.7 Å². The van der Waals surface area contributed by atoms with Crippen LogP contribution in [0.5, 0.6) is 0 Å². The lowest BCUT2D eigenvalue weighted by Crippen LogP contribution is -2.51. The van der Waals surface area contributed by atoms with Gasteiger partial charge in [0.1, 0.15) is 0 Å². The first-order valence-corrected chi connectivity index (χ1v) is 6.11. The first-order chi connectivity index (χ1) is 8.13. The lowest BCUT2D eigenvalue weighted by molar-refractivity contribution is -0.120. The average molecular weight is 242 g/mol. The second-order valence-corrected chi connectivity index (χ2v) is 4.23. The molecule has 0 aromatic heterocycles. The summed E-state index contributed by atoms with van der Waals surface area (Å²) in [4.78, 5) is 26.9. The lowest BCUT2D eigenvalue weighted by atomic mass is 10.3. The minimum Gasteiger partial charge on any atom is -0.356 e. The minimum atomic E-state index is -0.0672. The smallest absolute Gasteiger partial charge is 0.317 e. The molecule has 1 saturated heterocycles. The van der Waals surface area contributed by atoms with E-state index in [0.717, 1.165) is 26.2 Å². The van der Waals surface area contributed by atoms with Crippen LogP contribution >= 0.6 is 0 Å². The van der Waals surface area contributed by atoms with Gasteiger partial charge in [0.15, 0.2) is 0 Å². The van der Waals surface area contributed by atoms with Crippen LogP contribution in [0.15, 0.2) is 0 Å². The Labute approximate surface area is 102 Å². The summed E-state index contributed by atoms with van der Waals surface area (Å²) in [5.41, 5.74) is 0. The molecule has 3 amide bonds. The Morgan fingerprint density at radius 1 is 1.12 bits per heavy atom. The average Bonchev–Trinajstić information content (AvgIpc) is 2.30. The Kier molecular flexibility index (Phi) is 5.76. The van der Waals surface area contributed by atoms with Crippen molar-refractivity contribution in [2.24, 2.45) is 0 Å². The molecule has 1 aliphatic heterocycles. The highest BCUT2D eigenvalue weighted by Gasteiger charge is 2.18. The van der Waals surface area contributed by atoms with Crippen LogP contribution < -0.4 is 10.6 Å². The molecule has 6 heteroatoms. The molecular weight excluding hydrogens is 220 g/mol. The van der Waals surface area contributed by atoms with E-state index in [1.54, 1.807) is 4.90 Å². The Morgan fingerprint density at radius 2 is 1.76 bits per heavy atom. The number of hydrogen-bond acceptors (Lipinski definition) is 3. The van der Waals surface area contributed by atoms with Gasteiger partial charge < -0.3 is 20.4 Å². The maximum absolute atomic E-state index is 11.7. The largest absolute Gasteiger partial charge is 0.356 e. The monoisotopic (exact) mass is 242 g/mol. The molecular formula is C11H22N4O2. The highest BCUT2D eigenvalue weighted by molar-refractivity contribution is 5.78. The normalized spacial score (nSPS) is 16.7.